The number of carbonyl (C=O) groups is 1. The van der Waals surface area contributed by atoms with Gasteiger partial charge in [-0.3, -0.25) is 4.79 Å². The highest BCUT2D eigenvalue weighted by Crippen LogP contribution is 2.14. The maximum absolute atomic E-state index is 11.4. The number of alkyl halides is 2. The number of hydrogen-bond donors (Lipinski definition) is 3. The first-order valence-corrected chi connectivity index (χ1v) is 11.3. The molecule has 2 unspecified atom stereocenters. The first-order valence-electron chi connectivity index (χ1n) is 10.4. The molecule has 3 N–H and O–H groups in total. The van der Waals surface area contributed by atoms with Crippen LogP contribution >= 0.6 is 23.2 Å². The third kappa shape index (κ3) is 15.1. The molecule has 0 bridgehead atoms. The fourth-order valence-electron chi connectivity index (χ4n) is 3.08. The number of carbonyl (C=O) groups excluding carboxylic acids is 1. The predicted molar refractivity (Wildman–Crippen MR) is 111 cm³/mol. The van der Waals surface area contributed by atoms with Gasteiger partial charge in [0.15, 0.2) is 4.84 Å². The summed E-state index contributed by atoms with van der Waals surface area (Å²) in [6.45, 7) is 1.92. The molecule has 2 atom stereocenters. The number of rotatable bonds is 18. The van der Waals surface area contributed by atoms with Crippen LogP contribution in [0.2, 0.25) is 0 Å². The standard InChI is InChI=1S/C20H39Cl2NO3/c1-2-3-4-5-6-7-8-9-10-11-12-13-14-15-18(25)17(16-24)23-20(26)19(21)22/h17-19,24-25H,2-16H2,1H3,(H,23,26). The van der Waals surface area contributed by atoms with Gasteiger partial charge < -0.3 is 15.5 Å². The summed E-state index contributed by atoms with van der Waals surface area (Å²) in [6, 6.07) is -0.708. The van der Waals surface area contributed by atoms with E-state index in [9.17, 15) is 15.0 Å². The van der Waals surface area contributed by atoms with Crippen molar-refractivity contribution in [2.75, 3.05) is 6.61 Å². The van der Waals surface area contributed by atoms with Crippen LogP contribution in [0.1, 0.15) is 96.8 Å². The van der Waals surface area contributed by atoms with Crippen molar-refractivity contribution in [1.82, 2.24) is 5.32 Å². The first-order chi connectivity index (χ1) is 12.5. The van der Waals surface area contributed by atoms with Crippen molar-refractivity contribution in [2.24, 2.45) is 0 Å². The van der Waals surface area contributed by atoms with Crippen LogP contribution in [0.5, 0.6) is 0 Å². The van der Waals surface area contributed by atoms with E-state index in [1.165, 1.54) is 70.6 Å². The van der Waals surface area contributed by atoms with Gasteiger partial charge in [-0.15, -0.1) is 0 Å². The molecule has 0 aliphatic heterocycles. The van der Waals surface area contributed by atoms with Crippen molar-refractivity contribution in [2.45, 2.75) is 114 Å². The minimum Gasteiger partial charge on any atom is -0.394 e. The molecule has 0 aromatic rings. The minimum absolute atomic E-state index is 0.328. The molecule has 4 nitrogen and oxygen atoms in total. The van der Waals surface area contributed by atoms with Crippen LogP contribution in [-0.4, -0.2) is 39.7 Å². The van der Waals surface area contributed by atoms with Crippen molar-refractivity contribution in [1.29, 1.82) is 0 Å². The van der Waals surface area contributed by atoms with Crippen molar-refractivity contribution < 1.29 is 15.0 Å². The van der Waals surface area contributed by atoms with Crippen molar-refractivity contribution in [3.8, 4) is 0 Å². The molecule has 0 rings (SSSR count). The van der Waals surface area contributed by atoms with Crippen LogP contribution in [0.3, 0.4) is 0 Å². The normalized spacial score (nSPS) is 13.8. The molecular formula is C20H39Cl2NO3. The van der Waals surface area contributed by atoms with Crippen LogP contribution in [0, 0.1) is 0 Å². The lowest BCUT2D eigenvalue weighted by Crippen LogP contribution is -2.47. The first kappa shape index (κ1) is 26.0. The van der Waals surface area contributed by atoms with Gasteiger partial charge in [-0.2, -0.15) is 0 Å². The molecule has 1 amide bonds. The zero-order valence-corrected chi connectivity index (χ0v) is 17.9. The SMILES string of the molecule is CCCCCCCCCCCCCCCC(O)C(CO)NC(=O)C(Cl)Cl. The quantitative estimate of drug-likeness (QED) is 0.216. The molecule has 6 heteroatoms. The Morgan fingerprint density at radius 2 is 1.27 bits per heavy atom. The van der Waals surface area contributed by atoms with Gasteiger partial charge in [0.25, 0.3) is 5.91 Å². The number of aliphatic hydroxyl groups excluding tert-OH is 2. The summed E-state index contributed by atoms with van der Waals surface area (Å²) < 4.78 is 0. The fraction of sp³-hybridized carbons (Fsp3) is 0.950. The van der Waals surface area contributed by atoms with E-state index in [-0.39, 0.29) is 6.61 Å². The zero-order valence-electron chi connectivity index (χ0n) is 16.4. The highest BCUT2D eigenvalue weighted by Gasteiger charge is 2.22. The second-order valence-corrected chi connectivity index (χ2v) is 8.29. The third-order valence-electron chi connectivity index (χ3n) is 4.79. The van der Waals surface area contributed by atoms with Gasteiger partial charge in [0.2, 0.25) is 0 Å². The van der Waals surface area contributed by atoms with Crippen LogP contribution < -0.4 is 5.32 Å². The summed E-state index contributed by atoms with van der Waals surface area (Å²) in [5.74, 6) is -0.586. The molecule has 26 heavy (non-hydrogen) atoms. The van der Waals surface area contributed by atoms with Gasteiger partial charge in [-0.25, -0.2) is 0 Å². The summed E-state index contributed by atoms with van der Waals surface area (Å²) in [4.78, 5) is 10.2. The predicted octanol–water partition coefficient (Wildman–Crippen LogP) is 5.11. The molecule has 0 radical (unpaired) electrons. The second-order valence-electron chi connectivity index (χ2n) is 7.20. The number of halogens is 2. The van der Waals surface area contributed by atoms with Gasteiger partial charge in [-0.05, 0) is 6.42 Å². The molecular weight excluding hydrogens is 373 g/mol. The number of aliphatic hydroxyl groups is 2. The van der Waals surface area contributed by atoms with Gasteiger partial charge in [0.05, 0.1) is 18.8 Å². The maximum Gasteiger partial charge on any atom is 0.253 e. The average Bonchev–Trinajstić information content (AvgIpc) is 2.62. The monoisotopic (exact) mass is 411 g/mol. The van der Waals surface area contributed by atoms with Crippen LogP contribution in [0.25, 0.3) is 0 Å². The highest BCUT2D eigenvalue weighted by molar-refractivity contribution is 6.53. The van der Waals surface area contributed by atoms with Crippen LogP contribution in [-0.2, 0) is 4.79 Å². The van der Waals surface area contributed by atoms with Gasteiger partial charge in [-0.1, -0.05) is 114 Å². The Balaban J connectivity index is 3.49. The molecule has 0 aromatic carbocycles. The second kappa shape index (κ2) is 18.3. The summed E-state index contributed by atoms with van der Waals surface area (Å²) >= 11 is 10.9. The summed E-state index contributed by atoms with van der Waals surface area (Å²) in [5.41, 5.74) is 0. The topological polar surface area (TPSA) is 69.6 Å². The number of hydrogen-bond acceptors (Lipinski definition) is 3. The number of unbranched alkanes of at least 4 members (excludes halogenated alkanes) is 12. The lowest BCUT2D eigenvalue weighted by atomic mass is 10.0. The highest BCUT2D eigenvalue weighted by atomic mass is 35.5. The largest absolute Gasteiger partial charge is 0.394 e. The van der Waals surface area contributed by atoms with E-state index in [4.69, 9.17) is 23.2 Å². The maximum atomic E-state index is 11.4. The molecule has 0 saturated heterocycles. The Hall–Kier alpha value is -0.0300. The lowest BCUT2D eigenvalue weighted by molar-refractivity contribution is -0.121. The minimum atomic E-state index is -1.19. The molecule has 0 aliphatic carbocycles. The lowest BCUT2D eigenvalue weighted by Gasteiger charge is -2.22. The fourth-order valence-corrected chi connectivity index (χ4v) is 3.21. The summed E-state index contributed by atoms with van der Waals surface area (Å²) in [7, 11) is 0. The van der Waals surface area contributed by atoms with Gasteiger partial charge >= 0.3 is 0 Å². The Morgan fingerprint density at radius 3 is 1.65 bits per heavy atom. The number of amides is 1. The summed E-state index contributed by atoms with van der Waals surface area (Å²) in [5, 5.41) is 21.8. The Labute approximate surface area is 170 Å². The van der Waals surface area contributed by atoms with E-state index in [0.29, 0.717) is 6.42 Å². The van der Waals surface area contributed by atoms with E-state index in [1.807, 2.05) is 0 Å². The van der Waals surface area contributed by atoms with E-state index in [1.54, 1.807) is 0 Å². The van der Waals surface area contributed by atoms with E-state index < -0.39 is 22.9 Å². The average molecular weight is 412 g/mol. The molecule has 0 heterocycles. The summed E-state index contributed by atoms with van der Waals surface area (Å²) in [6.07, 6.45) is 16.3. The zero-order chi connectivity index (χ0) is 19.6. The van der Waals surface area contributed by atoms with E-state index >= 15 is 0 Å². The molecule has 0 aromatic heterocycles. The number of nitrogens with one attached hydrogen (secondary N) is 1. The van der Waals surface area contributed by atoms with Crippen LogP contribution in [0.4, 0.5) is 0 Å². The Kier molecular flexibility index (Phi) is 18.3. The van der Waals surface area contributed by atoms with Crippen molar-refractivity contribution in [3.63, 3.8) is 0 Å². The molecule has 0 saturated carbocycles. The smallest absolute Gasteiger partial charge is 0.253 e. The third-order valence-corrected chi connectivity index (χ3v) is 5.19. The molecule has 0 aliphatic rings. The molecule has 0 spiro atoms. The van der Waals surface area contributed by atoms with E-state index in [2.05, 4.69) is 12.2 Å². The molecule has 156 valence electrons. The van der Waals surface area contributed by atoms with Crippen LogP contribution in [0.15, 0.2) is 0 Å². The molecule has 0 fully saturated rings. The Morgan fingerprint density at radius 1 is 0.846 bits per heavy atom. The van der Waals surface area contributed by atoms with Crippen molar-refractivity contribution in [3.05, 3.63) is 0 Å². The van der Waals surface area contributed by atoms with Gasteiger partial charge in [0.1, 0.15) is 0 Å². The van der Waals surface area contributed by atoms with Crippen molar-refractivity contribution >= 4 is 29.1 Å². The van der Waals surface area contributed by atoms with E-state index in [0.717, 1.165) is 12.8 Å². The van der Waals surface area contributed by atoms with Gasteiger partial charge in [0, 0.05) is 0 Å². The Bertz CT molecular complexity index is 330.